The zero-order chi connectivity index (χ0) is 17.0. The van der Waals surface area contributed by atoms with Gasteiger partial charge in [-0.2, -0.15) is 4.31 Å². The third-order valence-corrected chi connectivity index (χ3v) is 6.01. The van der Waals surface area contributed by atoms with Crippen LogP contribution in [0.2, 0.25) is 0 Å². The lowest BCUT2D eigenvalue weighted by atomic mass is 10.1. The third-order valence-electron chi connectivity index (χ3n) is 4.09. The summed E-state index contributed by atoms with van der Waals surface area (Å²) in [6.07, 6.45) is 3.01. The van der Waals surface area contributed by atoms with E-state index in [1.807, 2.05) is 25.2 Å². The summed E-state index contributed by atoms with van der Waals surface area (Å²) in [4.78, 5) is 4.58. The maximum Gasteiger partial charge on any atom is 0.243 e. The van der Waals surface area contributed by atoms with Gasteiger partial charge in [-0.1, -0.05) is 18.2 Å². The van der Waals surface area contributed by atoms with Gasteiger partial charge in [0.25, 0.3) is 0 Å². The molecule has 1 saturated heterocycles. The topological polar surface area (TPSA) is 71.5 Å². The second-order valence-electron chi connectivity index (χ2n) is 5.67. The highest BCUT2D eigenvalue weighted by molar-refractivity contribution is 7.89. The number of aromatic nitrogens is 1. The van der Waals surface area contributed by atoms with Gasteiger partial charge in [-0.25, -0.2) is 13.4 Å². The van der Waals surface area contributed by atoms with Crippen LogP contribution in [0.5, 0.6) is 5.88 Å². The molecule has 24 heavy (non-hydrogen) atoms. The van der Waals surface area contributed by atoms with Crippen molar-refractivity contribution >= 4 is 15.7 Å². The molecule has 0 spiro atoms. The highest BCUT2D eigenvalue weighted by atomic mass is 32.2. The Morgan fingerprint density at radius 2 is 1.83 bits per heavy atom. The number of benzene rings is 1. The van der Waals surface area contributed by atoms with E-state index in [9.17, 15) is 8.42 Å². The van der Waals surface area contributed by atoms with Crippen molar-refractivity contribution in [3.05, 3.63) is 48.7 Å². The van der Waals surface area contributed by atoms with Crippen LogP contribution in [-0.2, 0) is 10.0 Å². The Kier molecular flexibility index (Phi) is 5.01. The minimum atomic E-state index is -3.41. The summed E-state index contributed by atoms with van der Waals surface area (Å²) in [5.41, 5.74) is 0.922. The molecule has 0 bridgehead atoms. The number of sulfonamides is 1. The second-order valence-corrected chi connectivity index (χ2v) is 7.61. The largest absolute Gasteiger partial charge is 0.474 e. The van der Waals surface area contributed by atoms with E-state index in [0.717, 1.165) is 5.69 Å². The molecule has 2 aromatic rings. The molecule has 0 unspecified atom stereocenters. The molecule has 1 aliphatic heterocycles. The van der Waals surface area contributed by atoms with E-state index in [2.05, 4.69) is 10.3 Å². The molecule has 1 aromatic carbocycles. The molecule has 1 aromatic heterocycles. The van der Waals surface area contributed by atoms with Crippen molar-refractivity contribution in [2.45, 2.75) is 23.8 Å². The number of piperidine rings is 1. The molecule has 0 radical (unpaired) electrons. The van der Waals surface area contributed by atoms with E-state index in [-0.39, 0.29) is 6.10 Å². The van der Waals surface area contributed by atoms with Gasteiger partial charge in [0.2, 0.25) is 15.9 Å². The van der Waals surface area contributed by atoms with Crippen LogP contribution in [0, 0.1) is 0 Å². The first kappa shape index (κ1) is 16.7. The molecule has 1 N–H and O–H groups in total. The van der Waals surface area contributed by atoms with Crippen LogP contribution in [0.15, 0.2) is 53.6 Å². The van der Waals surface area contributed by atoms with Gasteiger partial charge in [0, 0.05) is 26.2 Å². The molecule has 128 valence electrons. The molecular weight excluding hydrogens is 326 g/mol. The van der Waals surface area contributed by atoms with Gasteiger partial charge >= 0.3 is 0 Å². The highest BCUT2D eigenvalue weighted by Gasteiger charge is 2.30. The average Bonchev–Trinajstić information content (AvgIpc) is 2.63. The Hall–Kier alpha value is -2.12. The summed E-state index contributed by atoms with van der Waals surface area (Å²) < 4.78 is 32.6. The third kappa shape index (κ3) is 3.68. The normalized spacial score (nSPS) is 16.7. The molecule has 0 amide bonds. The Morgan fingerprint density at radius 3 is 2.42 bits per heavy atom. The van der Waals surface area contributed by atoms with Gasteiger partial charge in [0.05, 0.1) is 16.8 Å². The van der Waals surface area contributed by atoms with Crippen LogP contribution < -0.4 is 10.1 Å². The summed E-state index contributed by atoms with van der Waals surface area (Å²) in [6, 6.07) is 12.3. The fourth-order valence-corrected chi connectivity index (χ4v) is 4.19. The molecular formula is C17H21N3O3S. The lowest BCUT2D eigenvalue weighted by Gasteiger charge is -2.31. The fourth-order valence-electron chi connectivity index (χ4n) is 2.70. The van der Waals surface area contributed by atoms with Crippen molar-refractivity contribution in [2.75, 3.05) is 25.5 Å². The zero-order valence-corrected chi connectivity index (χ0v) is 14.4. The van der Waals surface area contributed by atoms with E-state index in [1.54, 1.807) is 30.5 Å². The van der Waals surface area contributed by atoms with Crippen LogP contribution in [0.25, 0.3) is 0 Å². The predicted molar refractivity (Wildman–Crippen MR) is 92.6 cm³/mol. The average molecular weight is 347 g/mol. The minimum Gasteiger partial charge on any atom is -0.474 e. The smallest absolute Gasteiger partial charge is 0.243 e. The van der Waals surface area contributed by atoms with Crippen molar-refractivity contribution in [1.82, 2.24) is 9.29 Å². The van der Waals surface area contributed by atoms with E-state index >= 15 is 0 Å². The molecule has 0 saturated carbocycles. The Balaban J connectivity index is 1.59. The maximum absolute atomic E-state index is 12.6. The first-order valence-corrected chi connectivity index (χ1v) is 9.39. The van der Waals surface area contributed by atoms with E-state index < -0.39 is 10.0 Å². The van der Waals surface area contributed by atoms with Crippen LogP contribution >= 0.6 is 0 Å². The Bertz CT molecular complexity index is 755. The maximum atomic E-state index is 12.6. The first-order chi connectivity index (χ1) is 11.6. The first-order valence-electron chi connectivity index (χ1n) is 7.95. The molecule has 7 heteroatoms. The SMILES string of the molecule is CNc1ccc(OC2CCN(S(=O)(=O)c3ccccc3)CC2)nc1. The number of hydrogen-bond acceptors (Lipinski definition) is 5. The minimum absolute atomic E-state index is 0.0137. The number of ether oxygens (including phenoxy) is 1. The number of rotatable bonds is 5. The van der Waals surface area contributed by atoms with Gasteiger partial charge in [0.15, 0.2) is 0 Å². The molecule has 6 nitrogen and oxygen atoms in total. The number of nitrogens with zero attached hydrogens (tertiary/aromatic N) is 2. The summed E-state index contributed by atoms with van der Waals surface area (Å²) in [5, 5.41) is 3.00. The van der Waals surface area contributed by atoms with Crippen molar-refractivity contribution in [3.8, 4) is 5.88 Å². The van der Waals surface area contributed by atoms with Gasteiger partial charge in [-0.15, -0.1) is 0 Å². The number of pyridine rings is 1. The monoisotopic (exact) mass is 347 g/mol. The van der Waals surface area contributed by atoms with Crippen molar-refractivity contribution in [3.63, 3.8) is 0 Å². The number of anilines is 1. The van der Waals surface area contributed by atoms with E-state index in [0.29, 0.717) is 36.7 Å². The molecule has 1 aliphatic rings. The lowest BCUT2D eigenvalue weighted by molar-refractivity contribution is 0.130. The molecule has 0 atom stereocenters. The van der Waals surface area contributed by atoms with Crippen molar-refractivity contribution in [2.24, 2.45) is 0 Å². The van der Waals surface area contributed by atoms with Gasteiger partial charge in [-0.05, 0) is 31.0 Å². The molecule has 0 aliphatic carbocycles. The quantitative estimate of drug-likeness (QED) is 0.899. The standard InChI is InChI=1S/C17H21N3O3S/c1-18-14-7-8-17(19-13-14)23-15-9-11-20(12-10-15)24(21,22)16-5-3-2-4-6-16/h2-8,13,15,18H,9-12H2,1H3. The Morgan fingerprint density at radius 1 is 1.12 bits per heavy atom. The Labute approximate surface area is 142 Å². The van der Waals surface area contributed by atoms with Crippen LogP contribution in [-0.4, -0.2) is 43.9 Å². The summed E-state index contributed by atoms with van der Waals surface area (Å²) in [5.74, 6) is 0.568. The van der Waals surface area contributed by atoms with Crippen molar-refractivity contribution in [1.29, 1.82) is 0 Å². The van der Waals surface area contributed by atoms with Crippen molar-refractivity contribution < 1.29 is 13.2 Å². The van der Waals surface area contributed by atoms with Gasteiger partial charge in [-0.3, -0.25) is 0 Å². The summed E-state index contributed by atoms with van der Waals surface area (Å²) in [6.45, 7) is 0.910. The lowest BCUT2D eigenvalue weighted by Crippen LogP contribution is -2.41. The summed E-state index contributed by atoms with van der Waals surface area (Å²) in [7, 11) is -1.58. The molecule has 3 rings (SSSR count). The number of nitrogens with one attached hydrogen (secondary N) is 1. The van der Waals surface area contributed by atoms with Gasteiger partial charge < -0.3 is 10.1 Å². The van der Waals surface area contributed by atoms with Gasteiger partial charge in [0.1, 0.15) is 6.10 Å². The second kappa shape index (κ2) is 7.19. The van der Waals surface area contributed by atoms with E-state index in [1.165, 1.54) is 4.31 Å². The van der Waals surface area contributed by atoms with Crippen LogP contribution in [0.1, 0.15) is 12.8 Å². The van der Waals surface area contributed by atoms with Crippen LogP contribution in [0.4, 0.5) is 5.69 Å². The van der Waals surface area contributed by atoms with Crippen LogP contribution in [0.3, 0.4) is 0 Å². The number of hydrogen-bond donors (Lipinski definition) is 1. The molecule has 2 heterocycles. The zero-order valence-electron chi connectivity index (χ0n) is 13.6. The highest BCUT2D eigenvalue weighted by Crippen LogP contribution is 2.23. The summed E-state index contributed by atoms with van der Waals surface area (Å²) >= 11 is 0. The predicted octanol–water partition coefficient (Wildman–Crippen LogP) is 2.36. The van der Waals surface area contributed by atoms with E-state index in [4.69, 9.17) is 4.74 Å². The molecule has 1 fully saturated rings. The fraction of sp³-hybridized carbons (Fsp3) is 0.353.